The fraction of sp³-hybridized carbons (Fsp3) is 0.556. The van der Waals surface area contributed by atoms with Gasteiger partial charge >= 0.3 is 0 Å². The minimum atomic E-state index is -1.43. The average Bonchev–Trinajstić information content (AvgIpc) is 3.18. The summed E-state index contributed by atoms with van der Waals surface area (Å²) in [4.78, 5) is 23.0. The highest BCUT2D eigenvalue weighted by Gasteiger charge is 2.29. The number of hydrogen-bond acceptors (Lipinski definition) is 4. The van der Waals surface area contributed by atoms with Crippen LogP contribution < -0.4 is 10.2 Å². The second-order valence-electron chi connectivity index (χ2n) is 6.53. The molecule has 0 bridgehead atoms. The minimum absolute atomic E-state index is 0.128. The molecule has 0 radical (unpaired) electrons. The second-order valence-corrected chi connectivity index (χ2v) is 6.53. The Kier molecular flexibility index (Phi) is 4.19. The van der Waals surface area contributed by atoms with Crippen LogP contribution in [0.3, 0.4) is 0 Å². The Hall–Kier alpha value is -1.84. The van der Waals surface area contributed by atoms with Crippen molar-refractivity contribution in [2.75, 3.05) is 0 Å². The van der Waals surface area contributed by atoms with E-state index in [0.29, 0.717) is 5.92 Å². The predicted octanol–water partition coefficient (Wildman–Crippen LogP) is 1.73. The number of aromatic carboxylic acids is 2. The Morgan fingerprint density at radius 2 is 1.36 bits per heavy atom. The Bertz CT molecular complexity index is 593. The molecule has 3 rings (SSSR count). The van der Waals surface area contributed by atoms with E-state index in [1.807, 2.05) is 6.07 Å². The van der Waals surface area contributed by atoms with Crippen molar-refractivity contribution in [2.24, 2.45) is 0 Å². The van der Waals surface area contributed by atoms with Crippen molar-refractivity contribution in [3.8, 4) is 0 Å². The van der Waals surface area contributed by atoms with Crippen molar-refractivity contribution in [3.63, 3.8) is 0 Å². The molecule has 0 aliphatic heterocycles. The van der Waals surface area contributed by atoms with Crippen LogP contribution in [0.4, 0.5) is 0 Å². The van der Waals surface area contributed by atoms with Gasteiger partial charge in [0.15, 0.2) is 0 Å². The summed E-state index contributed by atoms with van der Waals surface area (Å²) in [6.45, 7) is 0. The molecule has 22 heavy (non-hydrogen) atoms. The Morgan fingerprint density at radius 1 is 0.818 bits per heavy atom. The first-order valence-electron chi connectivity index (χ1n) is 8.19. The first-order valence-corrected chi connectivity index (χ1v) is 8.19. The van der Waals surface area contributed by atoms with E-state index in [2.05, 4.69) is 0 Å². The molecule has 2 aliphatic rings. The van der Waals surface area contributed by atoms with Crippen molar-refractivity contribution in [1.82, 2.24) is 0 Å². The molecule has 0 unspecified atom stereocenters. The van der Waals surface area contributed by atoms with Crippen molar-refractivity contribution in [3.05, 3.63) is 34.4 Å². The fourth-order valence-corrected chi connectivity index (χ4v) is 4.27. The average molecular weight is 300 g/mol. The zero-order valence-electron chi connectivity index (χ0n) is 12.6. The summed E-state index contributed by atoms with van der Waals surface area (Å²) in [7, 11) is 0. The molecule has 0 N–H and O–H groups in total. The van der Waals surface area contributed by atoms with Gasteiger partial charge in [-0.15, -0.1) is 0 Å². The third kappa shape index (κ3) is 2.62. The number of rotatable bonds is 4. The number of carbonyl (C=O) groups excluding carboxylic acids is 2. The lowest BCUT2D eigenvalue weighted by Gasteiger charge is -2.26. The summed E-state index contributed by atoms with van der Waals surface area (Å²) in [5, 5.41) is 23.0. The smallest absolute Gasteiger partial charge is 0.0724 e. The van der Waals surface area contributed by atoms with Gasteiger partial charge in [0, 0.05) is 11.1 Å². The molecule has 0 saturated heterocycles. The van der Waals surface area contributed by atoms with Crippen LogP contribution in [0, 0.1) is 0 Å². The van der Waals surface area contributed by atoms with E-state index in [1.54, 1.807) is 0 Å². The number of carboxylic acids is 2. The Balaban J connectivity index is 2.19. The molecule has 2 saturated carbocycles. The van der Waals surface area contributed by atoms with Crippen molar-refractivity contribution in [1.29, 1.82) is 0 Å². The highest BCUT2D eigenvalue weighted by atomic mass is 16.4. The van der Waals surface area contributed by atoms with Crippen LogP contribution in [-0.2, 0) is 0 Å². The molecule has 1 aromatic rings. The first-order chi connectivity index (χ1) is 10.6. The van der Waals surface area contributed by atoms with Crippen molar-refractivity contribution in [2.45, 2.75) is 63.2 Å². The topological polar surface area (TPSA) is 80.3 Å². The Labute approximate surface area is 130 Å². The van der Waals surface area contributed by atoms with Crippen LogP contribution in [0.2, 0.25) is 0 Å². The highest BCUT2D eigenvalue weighted by molar-refractivity contribution is 6.01. The third-order valence-corrected chi connectivity index (χ3v) is 5.26. The monoisotopic (exact) mass is 300 g/mol. The third-order valence-electron chi connectivity index (χ3n) is 5.26. The summed E-state index contributed by atoms with van der Waals surface area (Å²) in [6.07, 6.45) is 8.39. The standard InChI is InChI=1S/C18H22O4/c19-17(20)14-10-9-13(11-5-1-2-6-11)15(16(14)18(21)22)12-7-3-4-8-12/h9-12H,1-8H2,(H,19,20)(H,21,22)/p-2. The maximum absolute atomic E-state index is 11.7. The lowest BCUT2D eigenvalue weighted by atomic mass is 9.81. The van der Waals surface area contributed by atoms with Crippen LogP contribution in [0.5, 0.6) is 0 Å². The summed E-state index contributed by atoms with van der Waals surface area (Å²) >= 11 is 0. The fourth-order valence-electron chi connectivity index (χ4n) is 4.27. The lowest BCUT2D eigenvalue weighted by molar-refractivity contribution is -0.259. The van der Waals surface area contributed by atoms with Crippen LogP contribution in [0.1, 0.15) is 95.0 Å². The van der Waals surface area contributed by atoms with E-state index in [1.165, 1.54) is 6.07 Å². The van der Waals surface area contributed by atoms with Crippen LogP contribution >= 0.6 is 0 Å². The molecule has 0 atom stereocenters. The highest BCUT2D eigenvalue weighted by Crippen LogP contribution is 2.44. The van der Waals surface area contributed by atoms with Crippen LogP contribution in [-0.4, -0.2) is 11.9 Å². The van der Waals surface area contributed by atoms with Gasteiger partial charge in [0.1, 0.15) is 0 Å². The van der Waals surface area contributed by atoms with E-state index in [4.69, 9.17) is 0 Å². The molecule has 4 nitrogen and oxygen atoms in total. The predicted molar refractivity (Wildman–Crippen MR) is 77.5 cm³/mol. The maximum Gasteiger partial charge on any atom is 0.0724 e. The number of hydrogen-bond donors (Lipinski definition) is 0. The number of carbonyl (C=O) groups is 2. The van der Waals surface area contributed by atoms with Gasteiger partial charge in [-0.3, -0.25) is 0 Å². The van der Waals surface area contributed by atoms with Gasteiger partial charge in [-0.25, -0.2) is 0 Å². The molecule has 0 aromatic heterocycles. The molecule has 118 valence electrons. The van der Waals surface area contributed by atoms with Gasteiger partial charge in [-0.2, -0.15) is 0 Å². The SMILES string of the molecule is O=C([O-])c1ccc(C2CCCC2)c(C2CCCC2)c1C(=O)[O-]. The van der Waals surface area contributed by atoms with E-state index in [-0.39, 0.29) is 17.0 Å². The second kappa shape index (κ2) is 6.11. The van der Waals surface area contributed by atoms with E-state index in [0.717, 1.165) is 62.5 Å². The van der Waals surface area contributed by atoms with E-state index in [9.17, 15) is 19.8 Å². The normalized spacial score (nSPS) is 19.6. The molecule has 0 spiro atoms. The van der Waals surface area contributed by atoms with Gasteiger partial charge in [0.05, 0.1) is 11.9 Å². The molecular formula is C18H20O4-2. The zero-order valence-corrected chi connectivity index (χ0v) is 12.6. The lowest BCUT2D eigenvalue weighted by Crippen LogP contribution is -2.32. The van der Waals surface area contributed by atoms with Crippen molar-refractivity contribution < 1.29 is 19.8 Å². The maximum atomic E-state index is 11.7. The van der Waals surface area contributed by atoms with Crippen LogP contribution in [0.25, 0.3) is 0 Å². The van der Waals surface area contributed by atoms with Gasteiger partial charge < -0.3 is 19.8 Å². The Morgan fingerprint density at radius 3 is 1.86 bits per heavy atom. The summed E-state index contributed by atoms with van der Waals surface area (Å²) in [6, 6.07) is 3.22. The van der Waals surface area contributed by atoms with Crippen molar-refractivity contribution >= 4 is 11.9 Å². The molecular weight excluding hydrogens is 280 g/mol. The van der Waals surface area contributed by atoms with Gasteiger partial charge in [0.25, 0.3) is 0 Å². The molecule has 0 heterocycles. The largest absolute Gasteiger partial charge is 0.545 e. The molecule has 4 heteroatoms. The number of carboxylic acid groups (broad SMARTS) is 2. The summed E-state index contributed by atoms with van der Waals surface area (Å²) in [5.41, 5.74) is 1.40. The van der Waals surface area contributed by atoms with Gasteiger partial charge in [0.2, 0.25) is 0 Å². The van der Waals surface area contributed by atoms with Gasteiger partial charge in [-0.05, 0) is 48.6 Å². The first kappa shape index (κ1) is 15.1. The zero-order chi connectivity index (χ0) is 15.7. The minimum Gasteiger partial charge on any atom is -0.545 e. The molecule has 1 aromatic carbocycles. The molecule has 0 amide bonds. The van der Waals surface area contributed by atoms with Gasteiger partial charge in [-0.1, -0.05) is 37.8 Å². The summed E-state index contributed by atoms with van der Waals surface area (Å²) < 4.78 is 0. The number of benzene rings is 1. The van der Waals surface area contributed by atoms with E-state index < -0.39 is 11.9 Å². The van der Waals surface area contributed by atoms with E-state index >= 15 is 0 Å². The van der Waals surface area contributed by atoms with Crippen LogP contribution in [0.15, 0.2) is 12.1 Å². The quantitative estimate of drug-likeness (QED) is 0.848. The molecule has 2 aliphatic carbocycles. The summed E-state index contributed by atoms with van der Waals surface area (Å²) in [5.74, 6) is -2.33. The molecule has 2 fully saturated rings.